The summed E-state index contributed by atoms with van der Waals surface area (Å²) >= 11 is 0. The first-order valence-electron chi connectivity index (χ1n) is 9.07. The maximum Gasteiger partial charge on any atom is 0.209 e. The van der Waals surface area contributed by atoms with Gasteiger partial charge in [-0.25, -0.2) is 10.1 Å². The molecule has 0 saturated heterocycles. The molecule has 142 valence electrons. The summed E-state index contributed by atoms with van der Waals surface area (Å²) in [7, 11) is 1.60. The molecule has 0 aromatic heterocycles. The topological polar surface area (TPSA) is 81.9 Å². The molecular weight excluding hydrogens is 354 g/mol. The van der Waals surface area contributed by atoms with Crippen molar-refractivity contribution < 1.29 is 9.57 Å². The van der Waals surface area contributed by atoms with Crippen LogP contribution in [-0.2, 0) is 9.57 Å². The largest absolute Gasteiger partial charge is 0.469 e. The molecule has 2 atom stereocenters. The molecule has 0 bridgehead atoms. The van der Waals surface area contributed by atoms with Crippen LogP contribution < -0.4 is 10.6 Å². The Hall–Kier alpha value is -3.50. The van der Waals surface area contributed by atoms with Crippen molar-refractivity contribution in [1.29, 1.82) is 5.26 Å². The Morgan fingerprint density at radius 3 is 2.68 bits per heavy atom. The van der Waals surface area contributed by atoms with Crippen LogP contribution in [-0.4, -0.2) is 30.9 Å². The number of benzene rings is 2. The standard InChI is InChI=1S/C21H21N5O2/c1-27-26-12-20(28-14-26)16-7-9-17(10-8-16)24-21(23-13-22)25-19-11-18(19)15-5-3-2-4-6-15/h2-10,12,18-19H,11,14H2,1H3,(H2,23,24,25). The smallest absolute Gasteiger partial charge is 0.209 e. The molecule has 1 heterocycles. The van der Waals surface area contributed by atoms with Crippen molar-refractivity contribution >= 4 is 17.4 Å². The van der Waals surface area contributed by atoms with Crippen LogP contribution >= 0.6 is 0 Å². The second-order valence-corrected chi connectivity index (χ2v) is 6.60. The maximum absolute atomic E-state index is 9.04. The maximum atomic E-state index is 9.04. The van der Waals surface area contributed by atoms with Crippen LogP contribution in [0.1, 0.15) is 23.5 Å². The highest BCUT2D eigenvalue weighted by molar-refractivity contribution is 5.95. The zero-order valence-corrected chi connectivity index (χ0v) is 15.5. The minimum Gasteiger partial charge on any atom is -0.469 e. The SMILES string of the molecule is CON1C=C(c2ccc(NC(=NC3CC3c3ccccc3)NC#N)cc2)OC1. The molecule has 2 aromatic rings. The predicted molar refractivity (Wildman–Crippen MR) is 107 cm³/mol. The van der Waals surface area contributed by atoms with Gasteiger partial charge < -0.3 is 10.1 Å². The van der Waals surface area contributed by atoms with E-state index in [4.69, 9.17) is 14.8 Å². The average Bonchev–Trinajstić information content (AvgIpc) is 3.33. The Kier molecular flexibility index (Phi) is 5.13. The van der Waals surface area contributed by atoms with Gasteiger partial charge in [0.1, 0.15) is 5.76 Å². The van der Waals surface area contributed by atoms with E-state index in [0.717, 1.165) is 23.4 Å². The van der Waals surface area contributed by atoms with Crippen LogP contribution in [0.25, 0.3) is 5.76 Å². The Labute approximate surface area is 163 Å². The molecular formula is C21H21N5O2. The van der Waals surface area contributed by atoms with E-state index in [1.807, 2.05) is 54.9 Å². The number of anilines is 1. The second-order valence-electron chi connectivity index (χ2n) is 6.60. The number of hydroxylamine groups is 2. The summed E-state index contributed by atoms with van der Waals surface area (Å²) in [5, 5.41) is 16.5. The summed E-state index contributed by atoms with van der Waals surface area (Å²) in [5.74, 6) is 1.62. The van der Waals surface area contributed by atoms with Crippen LogP contribution in [0.2, 0.25) is 0 Å². The fourth-order valence-electron chi connectivity index (χ4n) is 3.15. The summed E-state index contributed by atoms with van der Waals surface area (Å²) in [6, 6.07) is 18.2. The lowest BCUT2D eigenvalue weighted by Gasteiger charge is -2.09. The fourth-order valence-corrected chi connectivity index (χ4v) is 3.15. The number of nitrogens with one attached hydrogen (secondary N) is 2. The van der Waals surface area contributed by atoms with Gasteiger partial charge in [0.25, 0.3) is 0 Å². The molecule has 4 rings (SSSR count). The third-order valence-corrected chi connectivity index (χ3v) is 4.73. The Balaban J connectivity index is 1.42. The predicted octanol–water partition coefficient (Wildman–Crippen LogP) is 3.23. The number of hydrogen-bond donors (Lipinski definition) is 2. The van der Waals surface area contributed by atoms with E-state index >= 15 is 0 Å². The minimum atomic E-state index is 0.182. The van der Waals surface area contributed by atoms with E-state index in [2.05, 4.69) is 27.8 Å². The highest BCUT2D eigenvalue weighted by atomic mass is 16.7. The second kappa shape index (κ2) is 8.03. The zero-order valence-electron chi connectivity index (χ0n) is 15.5. The van der Waals surface area contributed by atoms with E-state index in [1.165, 1.54) is 5.56 Å². The van der Waals surface area contributed by atoms with Gasteiger partial charge in [-0.1, -0.05) is 30.3 Å². The third-order valence-electron chi connectivity index (χ3n) is 4.73. The molecule has 1 fully saturated rings. The van der Waals surface area contributed by atoms with E-state index < -0.39 is 0 Å². The van der Waals surface area contributed by atoms with Gasteiger partial charge in [0.05, 0.1) is 19.4 Å². The number of rotatable bonds is 5. The lowest BCUT2D eigenvalue weighted by atomic mass is 10.1. The zero-order chi connectivity index (χ0) is 19.3. The van der Waals surface area contributed by atoms with Gasteiger partial charge in [0.2, 0.25) is 5.96 Å². The number of hydrogen-bond acceptors (Lipinski definition) is 5. The van der Waals surface area contributed by atoms with Gasteiger partial charge in [0.15, 0.2) is 12.9 Å². The number of nitrogens with zero attached hydrogens (tertiary/aromatic N) is 3. The molecule has 2 aliphatic rings. The number of nitriles is 1. The molecule has 0 amide bonds. The van der Waals surface area contributed by atoms with Crippen LogP contribution in [0.3, 0.4) is 0 Å². The van der Waals surface area contributed by atoms with Crippen LogP contribution in [0.15, 0.2) is 65.8 Å². The molecule has 1 aliphatic heterocycles. The first kappa shape index (κ1) is 17.9. The highest BCUT2D eigenvalue weighted by Gasteiger charge is 2.38. The molecule has 0 spiro atoms. The van der Waals surface area contributed by atoms with E-state index in [9.17, 15) is 0 Å². The van der Waals surface area contributed by atoms with Gasteiger partial charge in [-0.05, 0) is 36.2 Å². The monoisotopic (exact) mass is 375 g/mol. The van der Waals surface area contributed by atoms with Gasteiger partial charge in [-0.3, -0.25) is 10.2 Å². The average molecular weight is 375 g/mol. The molecule has 28 heavy (non-hydrogen) atoms. The Morgan fingerprint density at radius 1 is 1.21 bits per heavy atom. The highest BCUT2D eigenvalue weighted by Crippen LogP contribution is 2.43. The summed E-state index contributed by atoms with van der Waals surface area (Å²) in [5.41, 5.74) is 3.07. The van der Waals surface area contributed by atoms with Crippen molar-refractivity contribution in [2.45, 2.75) is 18.4 Å². The Morgan fingerprint density at radius 2 is 2.00 bits per heavy atom. The number of guanidine groups is 1. The van der Waals surface area contributed by atoms with Crippen molar-refractivity contribution in [2.24, 2.45) is 4.99 Å². The lowest BCUT2D eigenvalue weighted by molar-refractivity contribution is -0.116. The molecule has 7 heteroatoms. The van der Waals surface area contributed by atoms with Crippen LogP contribution in [0.4, 0.5) is 5.69 Å². The van der Waals surface area contributed by atoms with Crippen LogP contribution in [0.5, 0.6) is 0 Å². The normalized spacial score (nSPS) is 20.8. The molecule has 1 saturated carbocycles. The van der Waals surface area contributed by atoms with Gasteiger partial charge in [-0.2, -0.15) is 5.26 Å². The van der Waals surface area contributed by atoms with Crippen molar-refractivity contribution in [1.82, 2.24) is 10.4 Å². The number of ether oxygens (including phenoxy) is 1. The fraction of sp³-hybridized carbons (Fsp3) is 0.238. The summed E-state index contributed by atoms with van der Waals surface area (Å²) in [6.07, 6.45) is 4.75. The van der Waals surface area contributed by atoms with Gasteiger partial charge in [-0.15, -0.1) is 0 Å². The van der Waals surface area contributed by atoms with Gasteiger partial charge >= 0.3 is 0 Å². The molecule has 2 N–H and O–H groups in total. The molecule has 0 radical (unpaired) electrons. The minimum absolute atomic E-state index is 0.182. The van der Waals surface area contributed by atoms with Crippen molar-refractivity contribution in [3.05, 3.63) is 71.9 Å². The van der Waals surface area contributed by atoms with Crippen molar-refractivity contribution in [2.75, 3.05) is 19.2 Å². The molecule has 2 aromatic carbocycles. The number of aliphatic imine (C=N–C) groups is 1. The molecule has 1 aliphatic carbocycles. The lowest BCUT2D eigenvalue weighted by Crippen LogP contribution is -2.27. The molecule has 2 unspecified atom stereocenters. The van der Waals surface area contributed by atoms with E-state index in [0.29, 0.717) is 18.6 Å². The summed E-state index contributed by atoms with van der Waals surface area (Å²) in [6.45, 7) is 0.374. The third kappa shape index (κ3) is 4.08. The van der Waals surface area contributed by atoms with Crippen molar-refractivity contribution in [3.8, 4) is 6.19 Å². The Bertz CT molecular complexity index is 918. The van der Waals surface area contributed by atoms with Crippen LogP contribution in [0, 0.1) is 11.5 Å². The van der Waals surface area contributed by atoms with Gasteiger partial charge in [0, 0.05) is 17.2 Å². The summed E-state index contributed by atoms with van der Waals surface area (Å²) < 4.78 is 5.58. The quantitative estimate of drug-likeness (QED) is 0.361. The first-order valence-corrected chi connectivity index (χ1v) is 9.07. The molecule has 7 nitrogen and oxygen atoms in total. The van der Waals surface area contributed by atoms with Crippen molar-refractivity contribution in [3.63, 3.8) is 0 Å². The van der Waals surface area contributed by atoms with E-state index in [1.54, 1.807) is 12.2 Å². The first-order chi connectivity index (χ1) is 13.8. The summed E-state index contributed by atoms with van der Waals surface area (Å²) in [4.78, 5) is 9.78. The van der Waals surface area contributed by atoms with E-state index in [-0.39, 0.29) is 6.04 Å².